The summed E-state index contributed by atoms with van der Waals surface area (Å²) >= 11 is 0. The molecule has 1 heterocycles. The largest absolute Gasteiger partial charge is 0.448 e. The zero-order chi connectivity index (χ0) is 19.8. The summed E-state index contributed by atoms with van der Waals surface area (Å²) in [5, 5.41) is 2.75. The summed E-state index contributed by atoms with van der Waals surface area (Å²) in [6, 6.07) is 9.22. The Balaban J connectivity index is 2.32. The van der Waals surface area contributed by atoms with Crippen molar-refractivity contribution in [1.82, 2.24) is 10.0 Å². The molecule has 1 aromatic rings. The second-order valence-corrected chi connectivity index (χ2v) is 6.49. The Morgan fingerprint density at radius 3 is 2.11 bits per heavy atom. The zero-order valence-electron chi connectivity index (χ0n) is 16.5. The highest BCUT2D eigenvalue weighted by Gasteiger charge is 2.54. The molecule has 0 aromatic heterocycles. The second-order valence-electron chi connectivity index (χ2n) is 6.49. The molecule has 1 aliphatic heterocycles. The lowest BCUT2D eigenvalue weighted by molar-refractivity contribution is -0.147. The molecule has 6 nitrogen and oxygen atoms in total. The predicted molar refractivity (Wildman–Crippen MR) is 105 cm³/mol. The lowest BCUT2D eigenvalue weighted by Crippen LogP contribution is -2.74. The van der Waals surface area contributed by atoms with Crippen LogP contribution in [0.4, 0.5) is 9.59 Å². The Labute approximate surface area is 161 Å². The van der Waals surface area contributed by atoms with Gasteiger partial charge in [-0.3, -0.25) is 0 Å². The molecule has 2 rings (SSSR count). The number of carbonyl (C=O) groups is 2. The van der Waals surface area contributed by atoms with Crippen molar-refractivity contribution in [3.05, 3.63) is 42.5 Å². The molecular weight excluding hydrogens is 344 g/mol. The van der Waals surface area contributed by atoms with E-state index in [2.05, 4.69) is 13.5 Å². The van der Waals surface area contributed by atoms with Crippen LogP contribution in [0.15, 0.2) is 36.9 Å². The molecule has 1 saturated heterocycles. The van der Waals surface area contributed by atoms with E-state index in [-0.39, 0.29) is 25.3 Å². The summed E-state index contributed by atoms with van der Waals surface area (Å²) in [5.41, 5.74) is 1.74. The number of unbranched alkanes of at least 4 members (excludes halogenated alkanes) is 2. The highest BCUT2D eigenvalue weighted by molar-refractivity contribution is 5.82. The van der Waals surface area contributed by atoms with Crippen LogP contribution in [0.25, 0.3) is 5.57 Å². The molecule has 1 aromatic carbocycles. The Kier molecular flexibility index (Phi) is 7.70. The van der Waals surface area contributed by atoms with E-state index in [9.17, 15) is 9.59 Å². The summed E-state index contributed by atoms with van der Waals surface area (Å²) < 4.78 is 10.4. The molecule has 0 aliphatic carbocycles. The molecule has 2 amide bonds. The number of amides is 2. The van der Waals surface area contributed by atoms with Crippen LogP contribution in [-0.4, -0.2) is 47.5 Å². The van der Waals surface area contributed by atoms with Gasteiger partial charge in [0.05, 0.1) is 19.3 Å². The Morgan fingerprint density at radius 1 is 0.963 bits per heavy atom. The van der Waals surface area contributed by atoms with Crippen molar-refractivity contribution in [1.29, 1.82) is 0 Å². The van der Waals surface area contributed by atoms with Gasteiger partial charge in [0.25, 0.3) is 0 Å². The summed E-state index contributed by atoms with van der Waals surface area (Å²) in [6.45, 7) is 10.3. The molecular formula is C21H30N2O4. The Bertz CT molecular complexity index is 647. The molecule has 27 heavy (non-hydrogen) atoms. The Morgan fingerprint density at radius 2 is 1.56 bits per heavy atom. The van der Waals surface area contributed by atoms with Gasteiger partial charge in [0, 0.05) is 0 Å². The predicted octanol–water partition coefficient (Wildman–Crippen LogP) is 4.86. The number of hydrogen-bond acceptors (Lipinski definition) is 4. The van der Waals surface area contributed by atoms with E-state index in [4.69, 9.17) is 9.47 Å². The van der Waals surface area contributed by atoms with Crippen LogP contribution < -0.4 is 0 Å². The van der Waals surface area contributed by atoms with Crippen LogP contribution >= 0.6 is 0 Å². The molecule has 1 fully saturated rings. The van der Waals surface area contributed by atoms with Crippen molar-refractivity contribution in [2.45, 2.75) is 58.5 Å². The number of carbonyl (C=O) groups excluding carboxylic acids is 2. The van der Waals surface area contributed by atoms with Crippen molar-refractivity contribution >= 4 is 17.8 Å². The molecule has 0 saturated carbocycles. The molecule has 0 spiro atoms. The summed E-state index contributed by atoms with van der Waals surface area (Å²) in [7, 11) is 0. The van der Waals surface area contributed by atoms with Crippen LogP contribution in [0.5, 0.6) is 0 Å². The van der Waals surface area contributed by atoms with Crippen LogP contribution in [0.2, 0.25) is 0 Å². The number of benzene rings is 1. The molecule has 2 atom stereocenters. The van der Waals surface area contributed by atoms with E-state index in [0.29, 0.717) is 0 Å². The van der Waals surface area contributed by atoms with Crippen LogP contribution in [-0.2, 0) is 9.47 Å². The van der Waals surface area contributed by atoms with Crippen molar-refractivity contribution in [2.24, 2.45) is 0 Å². The van der Waals surface area contributed by atoms with Gasteiger partial charge < -0.3 is 9.47 Å². The molecule has 148 valence electrons. The normalized spacial score (nSPS) is 18.6. The van der Waals surface area contributed by atoms with Gasteiger partial charge in [-0.05, 0) is 31.4 Å². The van der Waals surface area contributed by atoms with E-state index in [1.165, 1.54) is 10.0 Å². The average molecular weight is 374 g/mol. The summed E-state index contributed by atoms with van der Waals surface area (Å²) in [5.74, 6) is 0. The first-order valence-electron chi connectivity index (χ1n) is 9.72. The number of nitrogens with zero attached hydrogens (tertiary/aromatic N) is 2. The fraction of sp³-hybridized carbons (Fsp3) is 0.524. The van der Waals surface area contributed by atoms with Crippen molar-refractivity contribution in [2.75, 3.05) is 13.2 Å². The topological polar surface area (TPSA) is 59.1 Å². The first-order valence-corrected chi connectivity index (χ1v) is 9.72. The van der Waals surface area contributed by atoms with Gasteiger partial charge in [0.15, 0.2) is 0 Å². The minimum atomic E-state index is -0.556. The lowest BCUT2D eigenvalue weighted by Gasteiger charge is -2.55. The molecule has 0 N–H and O–H groups in total. The smallest absolute Gasteiger partial charge is 0.429 e. The van der Waals surface area contributed by atoms with Gasteiger partial charge in [-0.1, -0.05) is 63.1 Å². The third-order valence-electron chi connectivity index (χ3n) is 4.69. The van der Waals surface area contributed by atoms with Gasteiger partial charge in [0.2, 0.25) is 0 Å². The van der Waals surface area contributed by atoms with Gasteiger partial charge in [-0.25, -0.2) is 19.6 Å². The fourth-order valence-electron chi connectivity index (χ4n) is 3.41. The van der Waals surface area contributed by atoms with Crippen LogP contribution in [0.3, 0.4) is 0 Å². The molecule has 0 bridgehead atoms. The first kappa shape index (κ1) is 20.8. The molecule has 1 aliphatic rings. The van der Waals surface area contributed by atoms with E-state index in [1.54, 1.807) is 13.8 Å². The minimum absolute atomic E-state index is 0.173. The van der Waals surface area contributed by atoms with Gasteiger partial charge >= 0.3 is 12.2 Å². The third kappa shape index (κ3) is 4.62. The number of hydrogen-bond donors (Lipinski definition) is 0. The molecule has 6 heteroatoms. The van der Waals surface area contributed by atoms with Gasteiger partial charge in [-0.2, -0.15) is 0 Å². The Hall–Kier alpha value is -2.50. The maximum Gasteiger partial charge on any atom is 0.429 e. The van der Waals surface area contributed by atoms with E-state index in [1.807, 2.05) is 30.3 Å². The summed E-state index contributed by atoms with van der Waals surface area (Å²) in [4.78, 5) is 25.1. The van der Waals surface area contributed by atoms with Crippen LogP contribution in [0, 0.1) is 0 Å². The van der Waals surface area contributed by atoms with Crippen molar-refractivity contribution in [3.63, 3.8) is 0 Å². The maximum atomic E-state index is 12.6. The molecule has 0 unspecified atom stereocenters. The number of rotatable bonds is 8. The SMILES string of the molecule is C=C(c1ccccc1)[C@H]1[C@H](CCCCC)N(C(=O)OCC)N1C(=O)OCC. The van der Waals surface area contributed by atoms with E-state index >= 15 is 0 Å². The minimum Gasteiger partial charge on any atom is -0.448 e. The molecule has 0 radical (unpaired) electrons. The standard InChI is InChI=1S/C21H30N2O4/c1-5-8-10-15-18-19(16(4)17-13-11-9-12-14-17)23(21(25)27-7-3)22(18)20(24)26-6-2/h9,11-14,18-19H,4-8,10,15H2,1-3H3/t18-,19-/m0/s1. The maximum absolute atomic E-state index is 12.6. The fourth-order valence-corrected chi connectivity index (χ4v) is 3.41. The van der Waals surface area contributed by atoms with Crippen molar-refractivity contribution in [3.8, 4) is 0 Å². The summed E-state index contributed by atoms with van der Waals surface area (Å²) in [6.07, 6.45) is 2.81. The van der Waals surface area contributed by atoms with E-state index in [0.717, 1.165) is 36.8 Å². The zero-order valence-corrected chi connectivity index (χ0v) is 16.5. The monoisotopic (exact) mass is 374 g/mol. The number of ether oxygens (including phenoxy) is 2. The third-order valence-corrected chi connectivity index (χ3v) is 4.69. The first-order chi connectivity index (χ1) is 13.1. The quantitative estimate of drug-likeness (QED) is 0.610. The lowest BCUT2D eigenvalue weighted by atomic mass is 9.87. The van der Waals surface area contributed by atoms with Crippen LogP contribution in [0.1, 0.15) is 52.0 Å². The average Bonchev–Trinajstić information content (AvgIpc) is 2.65. The van der Waals surface area contributed by atoms with E-state index < -0.39 is 12.2 Å². The van der Waals surface area contributed by atoms with Gasteiger partial charge in [-0.15, -0.1) is 0 Å². The highest BCUT2D eigenvalue weighted by atomic mass is 16.6. The van der Waals surface area contributed by atoms with Gasteiger partial charge in [0.1, 0.15) is 6.04 Å². The second kappa shape index (κ2) is 10.00. The highest BCUT2D eigenvalue weighted by Crippen LogP contribution is 2.39. The van der Waals surface area contributed by atoms with Crippen molar-refractivity contribution < 1.29 is 19.1 Å². The number of hydrazine groups is 1.